The van der Waals surface area contributed by atoms with Crippen molar-refractivity contribution in [3.05, 3.63) is 71.3 Å². The minimum atomic E-state index is -0.143. The Morgan fingerprint density at radius 2 is 1.48 bits per heavy atom. The fourth-order valence-corrected chi connectivity index (χ4v) is 2.37. The van der Waals surface area contributed by atoms with Gasteiger partial charge in [-0.3, -0.25) is 9.59 Å². The molecular weight excluding hydrogens is 288 g/mol. The Kier molecular flexibility index (Phi) is 4.42. The van der Waals surface area contributed by atoms with E-state index in [1.807, 2.05) is 37.3 Å². The van der Waals surface area contributed by atoms with E-state index >= 15 is 0 Å². The lowest BCUT2D eigenvalue weighted by Gasteiger charge is -2.14. The Morgan fingerprint density at radius 1 is 0.913 bits per heavy atom. The van der Waals surface area contributed by atoms with Crippen molar-refractivity contribution >= 4 is 11.8 Å². The summed E-state index contributed by atoms with van der Waals surface area (Å²) in [6.07, 6.45) is 2.12. The first-order valence-electron chi connectivity index (χ1n) is 7.90. The van der Waals surface area contributed by atoms with E-state index in [0.717, 1.165) is 18.4 Å². The number of carbonyl (C=O) groups is 2. The van der Waals surface area contributed by atoms with Crippen LogP contribution in [0, 0.1) is 0 Å². The first-order chi connectivity index (χ1) is 11.1. The molecule has 0 saturated heterocycles. The lowest BCUT2D eigenvalue weighted by atomic mass is 10.1. The number of benzene rings is 2. The van der Waals surface area contributed by atoms with Crippen molar-refractivity contribution in [3.8, 4) is 0 Å². The lowest BCUT2D eigenvalue weighted by molar-refractivity contribution is 0.0932. The van der Waals surface area contributed by atoms with Gasteiger partial charge in [0.15, 0.2) is 0 Å². The SMILES string of the molecule is CC(NC(=O)c1ccc(C(=O)NC2CC2)cc1)c1ccccc1. The highest BCUT2D eigenvalue weighted by Gasteiger charge is 2.23. The summed E-state index contributed by atoms with van der Waals surface area (Å²) in [7, 11) is 0. The molecule has 0 bridgehead atoms. The van der Waals surface area contributed by atoms with Gasteiger partial charge >= 0.3 is 0 Å². The fourth-order valence-electron chi connectivity index (χ4n) is 2.37. The Bertz CT molecular complexity index is 691. The van der Waals surface area contributed by atoms with Crippen molar-refractivity contribution in [2.45, 2.75) is 31.8 Å². The van der Waals surface area contributed by atoms with Crippen LogP contribution >= 0.6 is 0 Å². The number of amides is 2. The van der Waals surface area contributed by atoms with Gasteiger partial charge in [0.25, 0.3) is 11.8 Å². The Balaban J connectivity index is 1.62. The first-order valence-corrected chi connectivity index (χ1v) is 7.90. The molecule has 2 aromatic carbocycles. The molecule has 1 unspecified atom stereocenters. The van der Waals surface area contributed by atoms with Gasteiger partial charge in [0.2, 0.25) is 0 Å². The minimum absolute atomic E-state index is 0.0680. The van der Waals surface area contributed by atoms with Gasteiger partial charge < -0.3 is 10.6 Å². The zero-order valence-electron chi connectivity index (χ0n) is 13.1. The van der Waals surface area contributed by atoms with Gasteiger partial charge in [0, 0.05) is 17.2 Å². The summed E-state index contributed by atoms with van der Waals surface area (Å²) in [5.41, 5.74) is 2.20. The fraction of sp³-hybridized carbons (Fsp3) is 0.263. The predicted molar refractivity (Wildman–Crippen MR) is 89.3 cm³/mol. The molecule has 1 atom stereocenters. The molecule has 2 N–H and O–H groups in total. The molecule has 1 saturated carbocycles. The van der Waals surface area contributed by atoms with E-state index in [9.17, 15) is 9.59 Å². The molecule has 1 aliphatic carbocycles. The van der Waals surface area contributed by atoms with Crippen molar-refractivity contribution in [1.29, 1.82) is 0 Å². The monoisotopic (exact) mass is 308 g/mol. The van der Waals surface area contributed by atoms with E-state index < -0.39 is 0 Å². The molecule has 0 spiro atoms. The second kappa shape index (κ2) is 6.65. The minimum Gasteiger partial charge on any atom is -0.349 e. The van der Waals surface area contributed by atoms with Crippen LogP contribution in [-0.2, 0) is 0 Å². The quantitative estimate of drug-likeness (QED) is 0.892. The van der Waals surface area contributed by atoms with Crippen LogP contribution in [0.4, 0.5) is 0 Å². The summed E-state index contributed by atoms with van der Waals surface area (Å²) in [5, 5.41) is 5.90. The third kappa shape index (κ3) is 3.97. The summed E-state index contributed by atoms with van der Waals surface area (Å²) in [6, 6.07) is 16.8. The maximum Gasteiger partial charge on any atom is 0.251 e. The van der Waals surface area contributed by atoms with Crippen molar-refractivity contribution in [3.63, 3.8) is 0 Å². The van der Waals surface area contributed by atoms with E-state index in [2.05, 4.69) is 10.6 Å². The van der Waals surface area contributed by atoms with Crippen LogP contribution in [-0.4, -0.2) is 17.9 Å². The molecule has 2 amide bonds. The Morgan fingerprint density at radius 3 is 2.04 bits per heavy atom. The molecule has 1 aliphatic rings. The van der Waals surface area contributed by atoms with Crippen LogP contribution in [0.2, 0.25) is 0 Å². The third-order valence-corrected chi connectivity index (χ3v) is 3.97. The van der Waals surface area contributed by atoms with Crippen molar-refractivity contribution in [2.24, 2.45) is 0 Å². The van der Waals surface area contributed by atoms with Crippen LogP contribution in [0.1, 0.15) is 52.1 Å². The number of carbonyl (C=O) groups excluding carboxylic acids is 2. The molecule has 118 valence electrons. The molecule has 23 heavy (non-hydrogen) atoms. The highest BCUT2D eigenvalue weighted by molar-refractivity contribution is 5.98. The smallest absolute Gasteiger partial charge is 0.251 e. The summed E-state index contributed by atoms with van der Waals surface area (Å²) in [5.74, 6) is -0.215. The standard InChI is InChI=1S/C19H20N2O2/c1-13(14-5-3-2-4-6-14)20-18(22)15-7-9-16(10-8-15)19(23)21-17-11-12-17/h2-10,13,17H,11-12H2,1H3,(H,20,22)(H,21,23). The number of hydrogen-bond donors (Lipinski definition) is 2. The molecule has 0 aromatic heterocycles. The number of nitrogens with one attached hydrogen (secondary N) is 2. The molecular formula is C19H20N2O2. The van der Waals surface area contributed by atoms with Gasteiger partial charge in [-0.1, -0.05) is 30.3 Å². The Labute approximate surface area is 135 Å². The topological polar surface area (TPSA) is 58.2 Å². The van der Waals surface area contributed by atoms with Crippen molar-refractivity contribution in [2.75, 3.05) is 0 Å². The van der Waals surface area contributed by atoms with Crippen LogP contribution in [0.3, 0.4) is 0 Å². The summed E-state index contributed by atoms with van der Waals surface area (Å²) >= 11 is 0. The summed E-state index contributed by atoms with van der Waals surface area (Å²) in [4.78, 5) is 24.2. The molecule has 3 rings (SSSR count). The van der Waals surface area contributed by atoms with E-state index in [1.165, 1.54) is 0 Å². The van der Waals surface area contributed by atoms with E-state index in [-0.39, 0.29) is 17.9 Å². The van der Waals surface area contributed by atoms with Gasteiger partial charge in [-0.05, 0) is 49.6 Å². The lowest BCUT2D eigenvalue weighted by Crippen LogP contribution is -2.27. The van der Waals surface area contributed by atoms with Crippen molar-refractivity contribution in [1.82, 2.24) is 10.6 Å². The van der Waals surface area contributed by atoms with Gasteiger partial charge in [0.1, 0.15) is 0 Å². The molecule has 4 heteroatoms. The molecule has 2 aromatic rings. The predicted octanol–water partition coefficient (Wildman–Crippen LogP) is 3.07. The average Bonchev–Trinajstić information content (AvgIpc) is 3.39. The number of hydrogen-bond acceptors (Lipinski definition) is 2. The van der Waals surface area contributed by atoms with Gasteiger partial charge in [-0.25, -0.2) is 0 Å². The van der Waals surface area contributed by atoms with Crippen LogP contribution in [0.15, 0.2) is 54.6 Å². The molecule has 0 radical (unpaired) electrons. The second-order valence-corrected chi connectivity index (χ2v) is 5.93. The maximum absolute atomic E-state index is 12.3. The summed E-state index contributed by atoms with van der Waals surface area (Å²) < 4.78 is 0. The highest BCUT2D eigenvalue weighted by atomic mass is 16.2. The van der Waals surface area contributed by atoms with E-state index in [1.54, 1.807) is 24.3 Å². The third-order valence-electron chi connectivity index (χ3n) is 3.97. The largest absolute Gasteiger partial charge is 0.349 e. The molecule has 0 aliphatic heterocycles. The van der Waals surface area contributed by atoms with Crippen molar-refractivity contribution < 1.29 is 9.59 Å². The van der Waals surface area contributed by atoms with Crippen LogP contribution < -0.4 is 10.6 Å². The molecule has 4 nitrogen and oxygen atoms in total. The van der Waals surface area contributed by atoms with E-state index in [0.29, 0.717) is 17.2 Å². The maximum atomic E-state index is 12.3. The Hall–Kier alpha value is -2.62. The van der Waals surface area contributed by atoms with Gasteiger partial charge in [-0.15, -0.1) is 0 Å². The zero-order valence-corrected chi connectivity index (χ0v) is 13.1. The first kappa shape index (κ1) is 15.3. The zero-order chi connectivity index (χ0) is 16.2. The summed E-state index contributed by atoms with van der Waals surface area (Å²) in [6.45, 7) is 1.95. The molecule has 0 heterocycles. The van der Waals surface area contributed by atoms with Crippen LogP contribution in [0.25, 0.3) is 0 Å². The molecule has 1 fully saturated rings. The van der Waals surface area contributed by atoms with Gasteiger partial charge in [0.05, 0.1) is 6.04 Å². The normalized spacial score (nSPS) is 14.8. The van der Waals surface area contributed by atoms with E-state index in [4.69, 9.17) is 0 Å². The average molecular weight is 308 g/mol. The highest BCUT2D eigenvalue weighted by Crippen LogP contribution is 2.19. The van der Waals surface area contributed by atoms with Crippen LogP contribution in [0.5, 0.6) is 0 Å². The number of rotatable bonds is 5. The second-order valence-electron chi connectivity index (χ2n) is 5.93. The van der Waals surface area contributed by atoms with Gasteiger partial charge in [-0.2, -0.15) is 0 Å².